The van der Waals surface area contributed by atoms with Crippen molar-refractivity contribution < 1.29 is 4.79 Å². The highest BCUT2D eigenvalue weighted by Crippen LogP contribution is 2.31. The van der Waals surface area contributed by atoms with Gasteiger partial charge in [-0.3, -0.25) is 4.79 Å². The Bertz CT molecular complexity index is 295. The van der Waals surface area contributed by atoms with Gasteiger partial charge in [-0.1, -0.05) is 12.8 Å². The van der Waals surface area contributed by atoms with Crippen LogP contribution in [0.5, 0.6) is 0 Å². The zero-order valence-electron chi connectivity index (χ0n) is 11.8. The summed E-state index contributed by atoms with van der Waals surface area (Å²) in [6, 6.07) is 0.344. The number of hydrogen-bond donors (Lipinski definition) is 1. The molecular weight excluding hydrogens is 226 g/mol. The van der Waals surface area contributed by atoms with Crippen LogP contribution in [-0.4, -0.2) is 55.0 Å². The number of hydrogen-bond acceptors (Lipinski definition) is 3. The summed E-state index contributed by atoms with van der Waals surface area (Å²) in [5, 5.41) is 0. The largest absolute Gasteiger partial charge is 0.337 e. The van der Waals surface area contributed by atoms with E-state index in [1.165, 1.54) is 12.8 Å². The second-order valence-electron chi connectivity index (χ2n) is 6.03. The Morgan fingerprint density at radius 2 is 2.00 bits per heavy atom. The summed E-state index contributed by atoms with van der Waals surface area (Å²) in [6.45, 7) is 5.69. The quantitative estimate of drug-likeness (QED) is 0.796. The Morgan fingerprint density at radius 1 is 1.28 bits per heavy atom. The zero-order chi connectivity index (χ0) is 13.1. The Hall–Kier alpha value is -0.610. The van der Waals surface area contributed by atoms with Crippen LogP contribution in [-0.2, 0) is 4.79 Å². The number of nitrogens with two attached hydrogens (primary N) is 1. The molecule has 1 aliphatic heterocycles. The summed E-state index contributed by atoms with van der Waals surface area (Å²) in [5.74, 6) is 0.971. The molecule has 2 rings (SSSR count). The molecule has 104 valence electrons. The van der Waals surface area contributed by atoms with Crippen LogP contribution >= 0.6 is 0 Å². The third-order valence-electron chi connectivity index (χ3n) is 4.64. The average molecular weight is 253 g/mol. The highest BCUT2D eigenvalue weighted by molar-refractivity contribution is 5.79. The van der Waals surface area contributed by atoms with Crippen molar-refractivity contribution in [1.82, 2.24) is 9.80 Å². The minimum absolute atomic E-state index is 0.189. The molecule has 1 aliphatic carbocycles. The molecule has 0 aromatic carbocycles. The van der Waals surface area contributed by atoms with Gasteiger partial charge in [0.2, 0.25) is 5.91 Å². The normalized spacial score (nSPS) is 34.6. The van der Waals surface area contributed by atoms with Crippen molar-refractivity contribution in [3.8, 4) is 0 Å². The third kappa shape index (κ3) is 2.86. The van der Waals surface area contributed by atoms with E-state index in [1.807, 2.05) is 0 Å². The molecule has 0 spiro atoms. The monoisotopic (exact) mass is 253 g/mol. The lowest BCUT2D eigenvalue weighted by atomic mass is 9.78. The zero-order valence-corrected chi connectivity index (χ0v) is 11.8. The maximum atomic E-state index is 12.7. The summed E-state index contributed by atoms with van der Waals surface area (Å²) in [5.41, 5.74) is 5.84. The van der Waals surface area contributed by atoms with E-state index in [-0.39, 0.29) is 5.92 Å². The van der Waals surface area contributed by atoms with Gasteiger partial charge < -0.3 is 15.5 Å². The third-order valence-corrected chi connectivity index (χ3v) is 4.64. The van der Waals surface area contributed by atoms with Gasteiger partial charge in [-0.15, -0.1) is 0 Å². The Balaban J connectivity index is 2.01. The molecule has 2 fully saturated rings. The van der Waals surface area contributed by atoms with Crippen LogP contribution in [0.15, 0.2) is 0 Å². The minimum Gasteiger partial charge on any atom is -0.337 e. The summed E-state index contributed by atoms with van der Waals surface area (Å²) < 4.78 is 0. The molecule has 18 heavy (non-hydrogen) atoms. The van der Waals surface area contributed by atoms with Crippen LogP contribution in [0, 0.1) is 11.8 Å². The first-order valence-electron chi connectivity index (χ1n) is 7.32. The summed E-state index contributed by atoms with van der Waals surface area (Å²) in [4.78, 5) is 17.1. The van der Waals surface area contributed by atoms with Gasteiger partial charge >= 0.3 is 0 Å². The molecule has 0 bridgehead atoms. The van der Waals surface area contributed by atoms with Crippen LogP contribution in [0.4, 0.5) is 0 Å². The molecule has 1 amide bonds. The Morgan fingerprint density at radius 3 is 2.67 bits per heavy atom. The van der Waals surface area contributed by atoms with Crippen molar-refractivity contribution >= 4 is 5.91 Å². The van der Waals surface area contributed by atoms with Gasteiger partial charge in [-0.05, 0) is 39.3 Å². The van der Waals surface area contributed by atoms with E-state index in [1.54, 1.807) is 0 Å². The SMILES string of the molecule is CC1CN(C)CCN1C(=O)C1CCCCC1CN. The molecule has 0 aromatic rings. The molecule has 0 aromatic heterocycles. The topological polar surface area (TPSA) is 49.6 Å². The van der Waals surface area contributed by atoms with Crippen molar-refractivity contribution in [3.63, 3.8) is 0 Å². The van der Waals surface area contributed by atoms with Crippen LogP contribution in [0.3, 0.4) is 0 Å². The molecule has 4 nitrogen and oxygen atoms in total. The molecule has 2 aliphatic rings. The van der Waals surface area contributed by atoms with Crippen molar-refractivity contribution in [2.24, 2.45) is 17.6 Å². The van der Waals surface area contributed by atoms with E-state index in [4.69, 9.17) is 5.73 Å². The predicted octanol–water partition coefficient (Wildman–Crippen LogP) is 0.914. The highest BCUT2D eigenvalue weighted by Gasteiger charge is 2.35. The summed E-state index contributed by atoms with van der Waals surface area (Å²) in [6.07, 6.45) is 4.60. The maximum absolute atomic E-state index is 12.7. The van der Waals surface area contributed by atoms with Gasteiger partial charge in [0.15, 0.2) is 0 Å². The van der Waals surface area contributed by atoms with Crippen LogP contribution < -0.4 is 5.73 Å². The molecule has 3 atom stereocenters. The van der Waals surface area contributed by atoms with Gasteiger partial charge in [0.1, 0.15) is 0 Å². The lowest BCUT2D eigenvalue weighted by Gasteiger charge is -2.42. The molecule has 1 saturated carbocycles. The van der Waals surface area contributed by atoms with Gasteiger partial charge in [-0.2, -0.15) is 0 Å². The fraction of sp³-hybridized carbons (Fsp3) is 0.929. The number of piperazine rings is 1. The smallest absolute Gasteiger partial charge is 0.226 e. The van der Waals surface area contributed by atoms with Crippen LogP contribution in [0.1, 0.15) is 32.6 Å². The Labute approximate surface area is 110 Å². The highest BCUT2D eigenvalue weighted by atomic mass is 16.2. The number of carbonyl (C=O) groups excluding carboxylic acids is 1. The van der Waals surface area contributed by atoms with Gasteiger partial charge in [0, 0.05) is 31.6 Å². The molecule has 2 N–H and O–H groups in total. The number of amides is 1. The molecule has 3 unspecified atom stereocenters. The van der Waals surface area contributed by atoms with E-state index in [9.17, 15) is 4.79 Å². The van der Waals surface area contributed by atoms with E-state index in [0.717, 1.165) is 32.5 Å². The van der Waals surface area contributed by atoms with Crippen molar-refractivity contribution in [2.75, 3.05) is 33.2 Å². The van der Waals surface area contributed by atoms with Crippen molar-refractivity contribution in [3.05, 3.63) is 0 Å². The molecule has 0 radical (unpaired) electrons. The summed E-state index contributed by atoms with van der Waals surface area (Å²) in [7, 11) is 2.13. The van der Waals surface area contributed by atoms with E-state index in [2.05, 4.69) is 23.8 Å². The first-order chi connectivity index (χ1) is 8.63. The second-order valence-corrected chi connectivity index (χ2v) is 6.03. The van der Waals surface area contributed by atoms with Gasteiger partial charge in [-0.25, -0.2) is 0 Å². The number of rotatable bonds is 2. The summed E-state index contributed by atoms with van der Waals surface area (Å²) >= 11 is 0. The lowest BCUT2D eigenvalue weighted by Crippen LogP contribution is -2.55. The van der Waals surface area contributed by atoms with Gasteiger partial charge in [0.05, 0.1) is 0 Å². The molecule has 1 saturated heterocycles. The Kier molecular flexibility index (Phi) is 4.62. The molecule has 1 heterocycles. The van der Waals surface area contributed by atoms with Crippen LogP contribution in [0.25, 0.3) is 0 Å². The molecular formula is C14H27N3O. The van der Waals surface area contributed by atoms with Crippen molar-refractivity contribution in [1.29, 1.82) is 0 Å². The van der Waals surface area contributed by atoms with Crippen molar-refractivity contribution in [2.45, 2.75) is 38.6 Å². The number of carbonyl (C=O) groups is 1. The first-order valence-corrected chi connectivity index (χ1v) is 7.32. The number of nitrogens with zero attached hydrogens (tertiary/aromatic N) is 2. The number of likely N-dealkylation sites (N-methyl/N-ethyl adjacent to an activating group) is 1. The van der Waals surface area contributed by atoms with Gasteiger partial charge in [0.25, 0.3) is 0 Å². The van der Waals surface area contributed by atoms with E-state index >= 15 is 0 Å². The lowest BCUT2D eigenvalue weighted by molar-refractivity contribution is -0.142. The minimum atomic E-state index is 0.189. The first kappa shape index (κ1) is 13.8. The molecule has 4 heteroatoms. The fourth-order valence-electron chi connectivity index (χ4n) is 3.50. The van der Waals surface area contributed by atoms with E-state index in [0.29, 0.717) is 24.4 Å². The maximum Gasteiger partial charge on any atom is 0.226 e. The standard InChI is InChI=1S/C14H27N3O/c1-11-10-16(2)7-8-17(11)14(18)13-6-4-3-5-12(13)9-15/h11-13H,3-10,15H2,1-2H3. The average Bonchev–Trinajstić information content (AvgIpc) is 2.38. The fourth-order valence-corrected chi connectivity index (χ4v) is 3.50. The predicted molar refractivity (Wildman–Crippen MR) is 73.2 cm³/mol. The second kappa shape index (κ2) is 6.02. The van der Waals surface area contributed by atoms with Crippen LogP contribution in [0.2, 0.25) is 0 Å². The van der Waals surface area contributed by atoms with E-state index < -0.39 is 0 Å².